The van der Waals surface area contributed by atoms with E-state index in [4.69, 9.17) is 5.11 Å². The summed E-state index contributed by atoms with van der Waals surface area (Å²) >= 11 is 0. The summed E-state index contributed by atoms with van der Waals surface area (Å²) in [6, 6.07) is 9.85. The Labute approximate surface area is 101 Å². The van der Waals surface area contributed by atoms with Crippen LogP contribution in [0, 0.1) is 0 Å². The molecule has 0 fully saturated rings. The van der Waals surface area contributed by atoms with Crippen molar-refractivity contribution in [3.05, 3.63) is 47.7 Å². The Morgan fingerprint density at radius 1 is 1.18 bits per heavy atom. The molecule has 0 unspecified atom stereocenters. The zero-order valence-corrected chi connectivity index (χ0v) is 9.93. The molecule has 4 heteroatoms. The molecule has 0 amide bonds. The van der Waals surface area contributed by atoms with Gasteiger partial charge in [0, 0.05) is 25.4 Å². The van der Waals surface area contributed by atoms with Crippen LogP contribution in [-0.4, -0.2) is 14.9 Å². The molecule has 1 aromatic carbocycles. The highest BCUT2D eigenvalue weighted by molar-refractivity contribution is 5.34. The third-order valence-electron chi connectivity index (χ3n) is 2.64. The predicted octanol–water partition coefficient (Wildman–Crippen LogP) is 2.01. The lowest BCUT2D eigenvalue weighted by Crippen LogP contribution is -2.01. The Kier molecular flexibility index (Phi) is 3.77. The van der Waals surface area contributed by atoms with E-state index >= 15 is 0 Å². The number of aliphatic hydroxyl groups is 1. The molecule has 2 N–H and O–H groups in total. The van der Waals surface area contributed by atoms with Gasteiger partial charge in [0.2, 0.25) is 0 Å². The first-order valence-electron chi connectivity index (χ1n) is 5.78. The van der Waals surface area contributed by atoms with Crippen molar-refractivity contribution in [2.24, 2.45) is 0 Å². The highest BCUT2D eigenvalue weighted by Gasteiger charge is 1.98. The Balaban J connectivity index is 1.92. The number of anilines is 1. The second kappa shape index (κ2) is 5.50. The maximum absolute atomic E-state index is 8.94. The third-order valence-corrected chi connectivity index (χ3v) is 2.64. The van der Waals surface area contributed by atoms with Gasteiger partial charge in [0.1, 0.15) is 5.82 Å². The summed E-state index contributed by atoms with van der Waals surface area (Å²) in [5.74, 6) is 0.887. The number of benzene rings is 1. The van der Waals surface area contributed by atoms with E-state index in [2.05, 4.69) is 17.3 Å². The Hall–Kier alpha value is -1.81. The Morgan fingerprint density at radius 3 is 2.47 bits per heavy atom. The predicted molar refractivity (Wildman–Crippen MR) is 67.6 cm³/mol. The van der Waals surface area contributed by atoms with Crippen LogP contribution in [0.1, 0.15) is 18.1 Å². The van der Waals surface area contributed by atoms with Crippen molar-refractivity contribution in [3.8, 4) is 0 Å². The SMILES string of the molecule is CCn1ccc(NCc2ccc(CO)cc2)n1. The molecule has 0 saturated heterocycles. The number of hydrogen-bond donors (Lipinski definition) is 2. The van der Waals surface area contributed by atoms with Crippen molar-refractivity contribution >= 4 is 5.82 Å². The fourth-order valence-corrected chi connectivity index (χ4v) is 1.59. The minimum absolute atomic E-state index is 0.0919. The molecular formula is C13H17N3O. The molecule has 2 rings (SSSR count). The highest BCUT2D eigenvalue weighted by Crippen LogP contribution is 2.08. The number of aryl methyl sites for hydroxylation is 1. The van der Waals surface area contributed by atoms with Crippen LogP contribution < -0.4 is 5.32 Å². The first-order valence-corrected chi connectivity index (χ1v) is 5.78. The molecule has 1 heterocycles. The van der Waals surface area contributed by atoms with Crippen LogP contribution >= 0.6 is 0 Å². The summed E-state index contributed by atoms with van der Waals surface area (Å²) < 4.78 is 1.89. The van der Waals surface area contributed by atoms with Crippen molar-refractivity contribution in [1.29, 1.82) is 0 Å². The van der Waals surface area contributed by atoms with Crippen molar-refractivity contribution < 1.29 is 5.11 Å². The van der Waals surface area contributed by atoms with Gasteiger partial charge in [-0.3, -0.25) is 4.68 Å². The van der Waals surface area contributed by atoms with Gasteiger partial charge in [0.05, 0.1) is 6.61 Å². The topological polar surface area (TPSA) is 50.1 Å². The molecule has 0 bridgehead atoms. The normalized spacial score (nSPS) is 10.5. The summed E-state index contributed by atoms with van der Waals surface area (Å²) in [6.07, 6.45) is 1.96. The molecule has 4 nitrogen and oxygen atoms in total. The van der Waals surface area contributed by atoms with Crippen LogP contribution in [0.2, 0.25) is 0 Å². The van der Waals surface area contributed by atoms with E-state index in [1.54, 1.807) is 0 Å². The van der Waals surface area contributed by atoms with Crippen molar-refractivity contribution in [3.63, 3.8) is 0 Å². The van der Waals surface area contributed by atoms with Crippen LogP contribution in [0.5, 0.6) is 0 Å². The molecule has 1 aromatic heterocycles. The molecule has 90 valence electrons. The monoisotopic (exact) mass is 231 g/mol. The molecule has 0 aliphatic rings. The lowest BCUT2D eigenvalue weighted by atomic mass is 10.1. The van der Waals surface area contributed by atoms with Gasteiger partial charge in [0.15, 0.2) is 0 Å². The Bertz CT molecular complexity index is 462. The highest BCUT2D eigenvalue weighted by atomic mass is 16.3. The van der Waals surface area contributed by atoms with E-state index in [0.29, 0.717) is 0 Å². The van der Waals surface area contributed by atoms with E-state index < -0.39 is 0 Å². The molecule has 0 saturated carbocycles. The minimum atomic E-state index is 0.0919. The Morgan fingerprint density at radius 2 is 1.88 bits per heavy atom. The number of rotatable bonds is 5. The first-order chi connectivity index (χ1) is 8.31. The summed E-state index contributed by atoms with van der Waals surface area (Å²) in [5, 5.41) is 16.5. The minimum Gasteiger partial charge on any atom is -0.392 e. The van der Waals surface area contributed by atoms with E-state index in [1.807, 2.05) is 41.2 Å². The van der Waals surface area contributed by atoms with E-state index in [0.717, 1.165) is 24.5 Å². The van der Waals surface area contributed by atoms with Gasteiger partial charge in [0.25, 0.3) is 0 Å². The summed E-state index contributed by atoms with van der Waals surface area (Å²) in [5.41, 5.74) is 2.11. The standard InChI is InChI=1S/C13H17N3O/c1-2-16-8-7-13(15-16)14-9-11-3-5-12(10-17)6-4-11/h3-8,17H,2,9-10H2,1H3,(H,14,15). The largest absolute Gasteiger partial charge is 0.392 e. The van der Waals surface area contributed by atoms with Crippen LogP contribution in [-0.2, 0) is 19.7 Å². The summed E-state index contributed by atoms with van der Waals surface area (Å²) in [6.45, 7) is 3.78. The van der Waals surface area contributed by atoms with Gasteiger partial charge in [-0.1, -0.05) is 24.3 Å². The fourth-order valence-electron chi connectivity index (χ4n) is 1.59. The molecule has 0 atom stereocenters. The zero-order valence-electron chi connectivity index (χ0n) is 9.93. The van der Waals surface area contributed by atoms with Gasteiger partial charge >= 0.3 is 0 Å². The molecule has 0 aliphatic carbocycles. The molecule has 0 aliphatic heterocycles. The van der Waals surface area contributed by atoms with Gasteiger partial charge in [-0.05, 0) is 18.1 Å². The van der Waals surface area contributed by atoms with E-state index in [-0.39, 0.29) is 6.61 Å². The maximum atomic E-state index is 8.94. The maximum Gasteiger partial charge on any atom is 0.148 e. The molecule has 17 heavy (non-hydrogen) atoms. The van der Waals surface area contributed by atoms with Crippen LogP contribution in [0.15, 0.2) is 36.5 Å². The lowest BCUT2D eigenvalue weighted by molar-refractivity contribution is 0.282. The number of hydrogen-bond acceptors (Lipinski definition) is 3. The second-order valence-electron chi connectivity index (χ2n) is 3.88. The zero-order chi connectivity index (χ0) is 12.1. The van der Waals surface area contributed by atoms with Gasteiger partial charge in [-0.25, -0.2) is 0 Å². The fraction of sp³-hybridized carbons (Fsp3) is 0.308. The molecule has 0 spiro atoms. The van der Waals surface area contributed by atoms with Gasteiger partial charge in [-0.15, -0.1) is 0 Å². The van der Waals surface area contributed by atoms with Gasteiger partial charge < -0.3 is 10.4 Å². The van der Waals surface area contributed by atoms with Crippen LogP contribution in [0.4, 0.5) is 5.82 Å². The van der Waals surface area contributed by atoms with Crippen LogP contribution in [0.25, 0.3) is 0 Å². The first kappa shape index (κ1) is 11.7. The number of nitrogens with zero attached hydrogens (tertiary/aromatic N) is 2. The van der Waals surface area contributed by atoms with Gasteiger partial charge in [-0.2, -0.15) is 5.10 Å². The average molecular weight is 231 g/mol. The average Bonchev–Trinajstić information content (AvgIpc) is 2.85. The van der Waals surface area contributed by atoms with Crippen LogP contribution in [0.3, 0.4) is 0 Å². The quantitative estimate of drug-likeness (QED) is 0.827. The second-order valence-corrected chi connectivity index (χ2v) is 3.88. The van der Waals surface area contributed by atoms with Crippen molar-refractivity contribution in [2.45, 2.75) is 26.6 Å². The molecule has 2 aromatic rings. The van der Waals surface area contributed by atoms with E-state index in [9.17, 15) is 0 Å². The molecular weight excluding hydrogens is 214 g/mol. The number of nitrogens with one attached hydrogen (secondary N) is 1. The smallest absolute Gasteiger partial charge is 0.148 e. The van der Waals surface area contributed by atoms with Crippen molar-refractivity contribution in [1.82, 2.24) is 9.78 Å². The lowest BCUT2D eigenvalue weighted by Gasteiger charge is -2.04. The summed E-state index contributed by atoms with van der Waals surface area (Å²) in [7, 11) is 0. The molecule has 0 radical (unpaired) electrons. The van der Waals surface area contributed by atoms with Crippen molar-refractivity contribution in [2.75, 3.05) is 5.32 Å². The van der Waals surface area contributed by atoms with E-state index in [1.165, 1.54) is 5.56 Å². The number of aromatic nitrogens is 2. The third kappa shape index (κ3) is 3.07. The number of aliphatic hydroxyl groups excluding tert-OH is 1. The summed E-state index contributed by atoms with van der Waals surface area (Å²) in [4.78, 5) is 0.